The Kier molecular flexibility index (Phi) is 6.35. The zero-order valence-electron chi connectivity index (χ0n) is 16.8. The molecule has 10 heteroatoms. The normalized spacial score (nSPS) is 12.0. The predicted octanol–water partition coefficient (Wildman–Crippen LogP) is 3.86. The van der Waals surface area contributed by atoms with Gasteiger partial charge in [-0.25, -0.2) is 4.98 Å². The molecule has 3 rings (SSSR count). The molecule has 0 saturated heterocycles. The third-order valence-corrected chi connectivity index (χ3v) is 4.34. The monoisotopic (exact) mass is 421 g/mol. The summed E-state index contributed by atoms with van der Waals surface area (Å²) >= 11 is 0. The van der Waals surface area contributed by atoms with E-state index in [-0.39, 0.29) is 18.4 Å². The molecule has 0 fully saturated rings. The molecule has 0 saturated carbocycles. The summed E-state index contributed by atoms with van der Waals surface area (Å²) in [7, 11) is 0. The number of nitrogens with zero attached hydrogens (tertiary/aromatic N) is 4. The van der Waals surface area contributed by atoms with Crippen LogP contribution in [0.25, 0.3) is 10.9 Å². The third kappa shape index (κ3) is 5.53. The quantitative estimate of drug-likeness (QED) is 0.627. The average molecular weight is 421 g/mol. The van der Waals surface area contributed by atoms with Gasteiger partial charge in [-0.15, -0.1) is 0 Å². The maximum atomic E-state index is 12.2. The summed E-state index contributed by atoms with van der Waals surface area (Å²) in [5.74, 6) is 0.139. The smallest absolute Gasteiger partial charge is 0.366 e. The topological polar surface area (TPSA) is 81.9 Å². The lowest BCUT2D eigenvalue weighted by Crippen LogP contribution is -2.18. The minimum atomic E-state index is -4.36. The van der Waals surface area contributed by atoms with Gasteiger partial charge in [-0.3, -0.25) is 14.5 Å². The molecule has 0 bridgehead atoms. The number of aromatic nitrogens is 4. The Morgan fingerprint density at radius 3 is 2.73 bits per heavy atom. The lowest BCUT2D eigenvalue weighted by Gasteiger charge is -2.10. The van der Waals surface area contributed by atoms with E-state index in [1.807, 2.05) is 6.07 Å². The summed E-state index contributed by atoms with van der Waals surface area (Å²) in [6.07, 6.45) is 0.592. The maximum Gasteiger partial charge on any atom is 0.411 e. The van der Waals surface area contributed by atoms with Crippen LogP contribution in [0, 0.1) is 12.8 Å². The highest BCUT2D eigenvalue weighted by Gasteiger charge is 2.27. The van der Waals surface area contributed by atoms with Crippen LogP contribution in [0.3, 0.4) is 0 Å². The van der Waals surface area contributed by atoms with Crippen LogP contribution in [0.15, 0.2) is 30.7 Å². The van der Waals surface area contributed by atoms with Crippen molar-refractivity contribution in [2.24, 2.45) is 5.92 Å². The Balaban J connectivity index is 1.73. The first-order valence-corrected chi connectivity index (χ1v) is 9.34. The highest BCUT2D eigenvalue weighted by Crippen LogP contribution is 2.21. The lowest BCUT2D eigenvalue weighted by atomic mass is 10.1. The zero-order chi connectivity index (χ0) is 21.9. The molecule has 3 aromatic heterocycles. The highest BCUT2D eigenvalue weighted by atomic mass is 19.4. The van der Waals surface area contributed by atoms with Crippen molar-refractivity contribution in [2.75, 3.05) is 11.9 Å². The average Bonchev–Trinajstić information content (AvgIpc) is 3.06. The van der Waals surface area contributed by atoms with Gasteiger partial charge in [0.1, 0.15) is 12.4 Å². The van der Waals surface area contributed by atoms with Crippen molar-refractivity contribution in [3.8, 4) is 0 Å². The van der Waals surface area contributed by atoms with Gasteiger partial charge in [0.05, 0.1) is 29.7 Å². The minimum Gasteiger partial charge on any atom is -0.366 e. The van der Waals surface area contributed by atoms with Crippen LogP contribution in [0.5, 0.6) is 0 Å². The molecule has 30 heavy (non-hydrogen) atoms. The van der Waals surface area contributed by atoms with Crippen LogP contribution >= 0.6 is 0 Å². The summed E-state index contributed by atoms with van der Waals surface area (Å²) in [6.45, 7) is 4.26. The largest absolute Gasteiger partial charge is 0.411 e. The molecule has 0 aliphatic rings. The van der Waals surface area contributed by atoms with E-state index in [9.17, 15) is 18.0 Å². The number of pyridine rings is 2. The molecule has 3 aromatic rings. The molecule has 0 aromatic carbocycles. The molecule has 1 amide bonds. The first-order valence-electron chi connectivity index (χ1n) is 9.34. The third-order valence-electron chi connectivity index (χ3n) is 4.34. The Morgan fingerprint density at radius 1 is 1.30 bits per heavy atom. The number of aryl methyl sites for hydroxylation is 1. The van der Waals surface area contributed by atoms with Crippen molar-refractivity contribution in [3.05, 3.63) is 47.5 Å². The van der Waals surface area contributed by atoms with E-state index >= 15 is 0 Å². The fraction of sp³-hybridized carbons (Fsp3) is 0.400. The summed E-state index contributed by atoms with van der Waals surface area (Å²) in [5.41, 5.74) is 2.71. The first-order chi connectivity index (χ1) is 14.1. The van der Waals surface area contributed by atoms with Crippen LogP contribution in [-0.2, 0) is 22.7 Å². The fourth-order valence-corrected chi connectivity index (χ4v) is 2.78. The van der Waals surface area contributed by atoms with Crippen molar-refractivity contribution in [2.45, 2.75) is 40.1 Å². The SMILES string of the molecule is Cc1cc(Cn2cc3c(NC(=O)C(C)C)nccc3n2)cnc1COCC(F)(F)F. The summed E-state index contributed by atoms with van der Waals surface area (Å²) in [5, 5.41) is 8.01. The van der Waals surface area contributed by atoms with E-state index in [2.05, 4.69) is 25.1 Å². The van der Waals surface area contributed by atoms with E-state index in [4.69, 9.17) is 0 Å². The van der Waals surface area contributed by atoms with Crippen molar-refractivity contribution < 1.29 is 22.7 Å². The Labute approximate surface area is 171 Å². The second-order valence-corrected chi connectivity index (χ2v) is 7.28. The standard InChI is InChI=1S/C20H22F3N5O2/c1-12(2)19(29)26-18-15-9-28(27-16(15)4-5-24-18)8-14-6-13(3)17(25-7-14)10-30-11-20(21,22)23/h4-7,9,12H,8,10-11H2,1-3H3,(H,24,26,29). The zero-order valence-corrected chi connectivity index (χ0v) is 16.8. The van der Waals surface area contributed by atoms with Crippen LogP contribution in [0.4, 0.5) is 19.0 Å². The number of anilines is 1. The van der Waals surface area contributed by atoms with Crippen LogP contribution in [0.2, 0.25) is 0 Å². The van der Waals surface area contributed by atoms with Gasteiger partial charge in [0.2, 0.25) is 5.91 Å². The maximum absolute atomic E-state index is 12.2. The summed E-state index contributed by atoms with van der Waals surface area (Å²) in [4.78, 5) is 20.4. The van der Waals surface area contributed by atoms with Crippen molar-refractivity contribution in [3.63, 3.8) is 0 Å². The minimum absolute atomic E-state index is 0.133. The Morgan fingerprint density at radius 2 is 2.07 bits per heavy atom. The molecule has 160 valence electrons. The molecule has 3 heterocycles. The van der Waals surface area contributed by atoms with Gasteiger partial charge in [-0.1, -0.05) is 19.9 Å². The predicted molar refractivity (Wildman–Crippen MR) is 105 cm³/mol. The number of ether oxygens (including phenoxy) is 1. The summed E-state index contributed by atoms with van der Waals surface area (Å²) < 4.78 is 43.0. The molecular formula is C20H22F3N5O2. The molecular weight excluding hydrogens is 399 g/mol. The number of rotatable bonds is 7. The second kappa shape index (κ2) is 8.78. The molecule has 0 spiro atoms. The number of alkyl halides is 3. The number of fused-ring (bicyclic) bond motifs is 1. The number of hydrogen-bond donors (Lipinski definition) is 1. The highest BCUT2D eigenvalue weighted by molar-refractivity contribution is 5.99. The number of nitrogens with one attached hydrogen (secondary N) is 1. The second-order valence-electron chi connectivity index (χ2n) is 7.28. The van der Waals surface area contributed by atoms with Gasteiger partial charge >= 0.3 is 6.18 Å². The van der Waals surface area contributed by atoms with Crippen LogP contribution < -0.4 is 5.32 Å². The Bertz CT molecular complexity index is 1050. The van der Waals surface area contributed by atoms with Crippen LogP contribution in [-0.4, -0.2) is 38.4 Å². The fourth-order valence-electron chi connectivity index (χ4n) is 2.78. The molecule has 0 aliphatic carbocycles. The molecule has 1 N–H and O–H groups in total. The molecule has 7 nitrogen and oxygen atoms in total. The molecule has 0 radical (unpaired) electrons. The number of carbonyl (C=O) groups is 1. The van der Waals surface area contributed by atoms with Gasteiger partial charge in [-0.05, 0) is 24.1 Å². The van der Waals surface area contributed by atoms with Crippen molar-refractivity contribution in [1.29, 1.82) is 0 Å². The number of halogens is 3. The molecule has 0 atom stereocenters. The molecule has 0 unspecified atom stereocenters. The van der Waals surface area contributed by atoms with Gasteiger partial charge < -0.3 is 10.1 Å². The van der Waals surface area contributed by atoms with Gasteiger partial charge in [0.15, 0.2) is 0 Å². The Hall–Kier alpha value is -3.01. The lowest BCUT2D eigenvalue weighted by molar-refractivity contribution is -0.176. The molecule has 0 aliphatic heterocycles. The van der Waals surface area contributed by atoms with E-state index < -0.39 is 12.8 Å². The van der Waals surface area contributed by atoms with Gasteiger partial charge in [-0.2, -0.15) is 18.3 Å². The number of hydrogen-bond acceptors (Lipinski definition) is 5. The van der Waals surface area contributed by atoms with E-state index in [0.717, 1.165) is 11.1 Å². The van der Waals surface area contributed by atoms with Crippen molar-refractivity contribution in [1.82, 2.24) is 19.7 Å². The number of amides is 1. The summed E-state index contributed by atoms with van der Waals surface area (Å²) in [6, 6.07) is 3.59. The number of carbonyl (C=O) groups excluding carboxylic acids is 1. The van der Waals surface area contributed by atoms with Gasteiger partial charge in [0, 0.05) is 24.5 Å². The van der Waals surface area contributed by atoms with E-state index in [1.54, 1.807) is 50.1 Å². The van der Waals surface area contributed by atoms with Crippen LogP contribution in [0.1, 0.15) is 30.7 Å². The van der Waals surface area contributed by atoms with E-state index in [0.29, 0.717) is 29.0 Å². The van der Waals surface area contributed by atoms with Crippen molar-refractivity contribution >= 4 is 22.6 Å². The first kappa shape index (κ1) is 21.7. The van der Waals surface area contributed by atoms with Gasteiger partial charge in [0.25, 0.3) is 0 Å². The van der Waals surface area contributed by atoms with E-state index in [1.165, 1.54) is 0 Å².